The van der Waals surface area contributed by atoms with Crippen LogP contribution in [0.25, 0.3) is 11.3 Å². The van der Waals surface area contributed by atoms with E-state index in [0.717, 1.165) is 41.6 Å². The second-order valence-corrected chi connectivity index (χ2v) is 6.16. The largest absolute Gasteiger partial charge is 0.350 e. The van der Waals surface area contributed by atoms with E-state index >= 15 is 0 Å². The van der Waals surface area contributed by atoms with Crippen LogP contribution in [0.2, 0.25) is 5.02 Å². The van der Waals surface area contributed by atoms with Crippen LogP contribution in [0.15, 0.2) is 60.7 Å². The molecule has 0 atom stereocenters. The van der Waals surface area contributed by atoms with Gasteiger partial charge in [0, 0.05) is 23.7 Å². The minimum atomic E-state index is 0.727. The minimum absolute atomic E-state index is 0.727. The van der Waals surface area contributed by atoms with Gasteiger partial charge in [0.25, 0.3) is 0 Å². The fraction of sp³-hybridized carbons (Fsp3) is 0.158. The summed E-state index contributed by atoms with van der Waals surface area (Å²) in [5.74, 6) is 0.928. The third kappa shape index (κ3) is 2.92. The lowest BCUT2D eigenvalue weighted by molar-refractivity contribution is 0.713. The molecule has 0 spiro atoms. The zero-order valence-electron chi connectivity index (χ0n) is 12.6. The van der Waals surface area contributed by atoms with E-state index in [1.807, 2.05) is 36.4 Å². The van der Waals surface area contributed by atoms with Crippen LogP contribution < -0.4 is 4.90 Å². The van der Waals surface area contributed by atoms with E-state index < -0.39 is 0 Å². The molecule has 3 nitrogen and oxygen atoms in total. The summed E-state index contributed by atoms with van der Waals surface area (Å²) in [6, 6.07) is 20.3. The molecule has 1 aliphatic rings. The smallest absolute Gasteiger partial charge is 0.151 e. The fourth-order valence-electron chi connectivity index (χ4n) is 2.96. The van der Waals surface area contributed by atoms with Gasteiger partial charge >= 0.3 is 0 Å². The molecule has 3 aromatic rings. The van der Waals surface area contributed by atoms with Gasteiger partial charge in [0.05, 0.1) is 5.69 Å². The van der Waals surface area contributed by atoms with Gasteiger partial charge in [-0.2, -0.15) is 0 Å². The first-order valence-electron chi connectivity index (χ1n) is 7.71. The lowest BCUT2D eigenvalue weighted by Gasteiger charge is -2.29. The van der Waals surface area contributed by atoms with E-state index in [1.54, 1.807) is 0 Å². The van der Waals surface area contributed by atoms with Crippen molar-refractivity contribution in [3.05, 3.63) is 76.8 Å². The zero-order valence-corrected chi connectivity index (χ0v) is 13.4. The molecule has 1 aliphatic heterocycles. The van der Waals surface area contributed by atoms with E-state index in [4.69, 9.17) is 11.6 Å². The first-order valence-corrected chi connectivity index (χ1v) is 8.09. The van der Waals surface area contributed by atoms with Crippen molar-refractivity contribution in [3.63, 3.8) is 0 Å². The zero-order chi connectivity index (χ0) is 15.6. The first kappa shape index (κ1) is 14.2. The number of aromatic nitrogens is 2. The summed E-state index contributed by atoms with van der Waals surface area (Å²) < 4.78 is 0. The van der Waals surface area contributed by atoms with Crippen molar-refractivity contribution in [2.24, 2.45) is 0 Å². The molecule has 0 radical (unpaired) electrons. The molecular formula is C19H16ClN3. The van der Waals surface area contributed by atoms with Crippen LogP contribution in [0.4, 0.5) is 5.82 Å². The van der Waals surface area contributed by atoms with Crippen LogP contribution in [0.5, 0.6) is 0 Å². The third-order valence-electron chi connectivity index (χ3n) is 4.25. The summed E-state index contributed by atoms with van der Waals surface area (Å²) in [5.41, 5.74) is 4.71. The van der Waals surface area contributed by atoms with Gasteiger partial charge in [0.2, 0.25) is 0 Å². The molecule has 0 aliphatic carbocycles. The number of halogens is 1. The monoisotopic (exact) mass is 321 g/mol. The molecule has 0 saturated heterocycles. The van der Waals surface area contributed by atoms with Crippen molar-refractivity contribution in [2.75, 3.05) is 11.4 Å². The molecule has 23 heavy (non-hydrogen) atoms. The highest BCUT2D eigenvalue weighted by Crippen LogP contribution is 2.24. The van der Waals surface area contributed by atoms with E-state index in [2.05, 4.69) is 39.4 Å². The summed E-state index contributed by atoms with van der Waals surface area (Å²) in [6.45, 7) is 1.87. The van der Waals surface area contributed by atoms with Gasteiger partial charge < -0.3 is 4.90 Å². The quantitative estimate of drug-likeness (QED) is 0.702. The SMILES string of the molecule is Clc1ccc(-c2ccc(N3CCc4ccccc4C3)nn2)cc1. The van der Waals surface area contributed by atoms with Crippen molar-refractivity contribution < 1.29 is 0 Å². The Labute approximate surface area is 140 Å². The van der Waals surface area contributed by atoms with Gasteiger partial charge in [-0.05, 0) is 41.8 Å². The van der Waals surface area contributed by atoms with Crippen LogP contribution in [0.1, 0.15) is 11.1 Å². The maximum Gasteiger partial charge on any atom is 0.151 e. The van der Waals surface area contributed by atoms with E-state index in [-0.39, 0.29) is 0 Å². The van der Waals surface area contributed by atoms with Gasteiger partial charge in [0.15, 0.2) is 5.82 Å². The number of hydrogen-bond donors (Lipinski definition) is 0. The van der Waals surface area contributed by atoms with E-state index in [1.165, 1.54) is 11.1 Å². The van der Waals surface area contributed by atoms with Gasteiger partial charge in [-0.25, -0.2) is 0 Å². The molecule has 4 heteroatoms. The Morgan fingerprint density at radius 2 is 1.61 bits per heavy atom. The number of rotatable bonds is 2. The van der Waals surface area contributed by atoms with E-state index in [0.29, 0.717) is 0 Å². The summed E-state index contributed by atoms with van der Waals surface area (Å²) in [6.07, 6.45) is 1.05. The standard InChI is InChI=1S/C19H16ClN3/c20-17-7-5-15(6-8-17)18-9-10-19(22-21-18)23-12-11-14-3-1-2-4-16(14)13-23/h1-10H,11-13H2. The number of hydrogen-bond acceptors (Lipinski definition) is 3. The fourth-order valence-corrected chi connectivity index (χ4v) is 3.09. The lowest BCUT2D eigenvalue weighted by Crippen LogP contribution is -2.31. The molecule has 0 unspecified atom stereocenters. The number of benzene rings is 2. The molecule has 114 valence electrons. The Morgan fingerprint density at radius 3 is 2.35 bits per heavy atom. The highest BCUT2D eigenvalue weighted by atomic mass is 35.5. The Kier molecular flexibility index (Phi) is 3.72. The normalized spacial score (nSPS) is 13.7. The summed E-state index contributed by atoms with van der Waals surface area (Å²) in [4.78, 5) is 2.28. The highest BCUT2D eigenvalue weighted by molar-refractivity contribution is 6.30. The van der Waals surface area contributed by atoms with Crippen LogP contribution >= 0.6 is 11.6 Å². The molecule has 2 heterocycles. The van der Waals surface area contributed by atoms with Crippen molar-refractivity contribution >= 4 is 17.4 Å². The molecule has 4 rings (SSSR count). The summed E-state index contributed by atoms with van der Waals surface area (Å²) in [5, 5.41) is 9.52. The van der Waals surface area contributed by atoms with Crippen molar-refractivity contribution in [3.8, 4) is 11.3 Å². The minimum Gasteiger partial charge on any atom is -0.350 e. The highest BCUT2D eigenvalue weighted by Gasteiger charge is 2.17. The van der Waals surface area contributed by atoms with Gasteiger partial charge in [-0.15, -0.1) is 10.2 Å². The summed E-state index contributed by atoms with van der Waals surface area (Å²) >= 11 is 5.92. The second kappa shape index (κ2) is 6.01. The predicted molar refractivity (Wildman–Crippen MR) is 93.7 cm³/mol. The molecule has 0 amide bonds. The molecule has 0 saturated carbocycles. The third-order valence-corrected chi connectivity index (χ3v) is 4.50. The van der Waals surface area contributed by atoms with Crippen molar-refractivity contribution in [1.82, 2.24) is 10.2 Å². The number of anilines is 1. The topological polar surface area (TPSA) is 29.0 Å². The molecule has 2 aromatic carbocycles. The Balaban J connectivity index is 1.56. The van der Waals surface area contributed by atoms with Crippen molar-refractivity contribution in [2.45, 2.75) is 13.0 Å². The molecular weight excluding hydrogens is 306 g/mol. The maximum atomic E-state index is 5.92. The van der Waals surface area contributed by atoms with Crippen molar-refractivity contribution in [1.29, 1.82) is 0 Å². The molecule has 1 aromatic heterocycles. The maximum absolute atomic E-state index is 5.92. The van der Waals surface area contributed by atoms with Crippen LogP contribution in [0.3, 0.4) is 0 Å². The molecule has 0 fully saturated rings. The van der Waals surface area contributed by atoms with Gasteiger partial charge in [-0.1, -0.05) is 48.0 Å². The molecule has 0 N–H and O–H groups in total. The number of nitrogens with zero attached hydrogens (tertiary/aromatic N) is 3. The Bertz CT molecular complexity index is 813. The van der Waals surface area contributed by atoms with Gasteiger partial charge in [-0.3, -0.25) is 0 Å². The lowest BCUT2D eigenvalue weighted by atomic mass is 10.00. The summed E-state index contributed by atoms with van der Waals surface area (Å²) in [7, 11) is 0. The Hall–Kier alpha value is -2.39. The molecule has 0 bridgehead atoms. The van der Waals surface area contributed by atoms with Gasteiger partial charge in [0.1, 0.15) is 0 Å². The van der Waals surface area contributed by atoms with Crippen LogP contribution in [-0.4, -0.2) is 16.7 Å². The average molecular weight is 322 g/mol. The second-order valence-electron chi connectivity index (χ2n) is 5.72. The van der Waals surface area contributed by atoms with Crippen LogP contribution in [0, 0.1) is 0 Å². The predicted octanol–water partition coefficient (Wildman–Crippen LogP) is 4.36. The Morgan fingerprint density at radius 1 is 0.826 bits per heavy atom. The first-order chi connectivity index (χ1) is 11.3. The van der Waals surface area contributed by atoms with E-state index in [9.17, 15) is 0 Å². The average Bonchev–Trinajstić information content (AvgIpc) is 2.62. The number of fused-ring (bicyclic) bond motifs is 1. The van der Waals surface area contributed by atoms with Crippen LogP contribution in [-0.2, 0) is 13.0 Å².